The van der Waals surface area contributed by atoms with Crippen molar-refractivity contribution in [2.45, 2.75) is 19.0 Å². The Bertz CT molecular complexity index is 875. The first-order valence-electron chi connectivity index (χ1n) is 9.49. The predicted octanol–water partition coefficient (Wildman–Crippen LogP) is 4.52. The van der Waals surface area contributed by atoms with E-state index in [1.165, 1.54) is 24.3 Å². The van der Waals surface area contributed by atoms with Crippen LogP contribution in [0.1, 0.15) is 28.8 Å². The van der Waals surface area contributed by atoms with Crippen molar-refractivity contribution in [3.05, 3.63) is 65.5 Å². The molecule has 0 spiro atoms. The van der Waals surface area contributed by atoms with Gasteiger partial charge in [0.25, 0.3) is 5.91 Å². The van der Waals surface area contributed by atoms with E-state index in [-0.39, 0.29) is 23.3 Å². The molecule has 2 N–H and O–H groups in total. The number of benzene rings is 2. The highest BCUT2D eigenvalue weighted by Gasteiger charge is 2.30. The second-order valence-electron chi connectivity index (χ2n) is 7.15. The van der Waals surface area contributed by atoms with Gasteiger partial charge in [-0.1, -0.05) is 0 Å². The molecule has 1 aliphatic rings. The number of carbonyl (C=O) groups excluding carboxylic acids is 2. The molecule has 2 aromatic rings. The zero-order chi connectivity index (χ0) is 21.7. The lowest BCUT2D eigenvalue weighted by Crippen LogP contribution is -2.43. The van der Waals surface area contributed by atoms with Crippen LogP contribution >= 0.6 is 0 Å². The molecule has 9 heteroatoms. The molecule has 5 nitrogen and oxygen atoms in total. The second kappa shape index (κ2) is 9.15. The maximum atomic E-state index is 12.9. The van der Waals surface area contributed by atoms with E-state index in [0.29, 0.717) is 38.2 Å². The van der Waals surface area contributed by atoms with Crippen molar-refractivity contribution >= 4 is 17.6 Å². The Morgan fingerprint density at radius 1 is 0.967 bits per heavy atom. The van der Waals surface area contributed by atoms with Crippen LogP contribution in [0.5, 0.6) is 0 Å². The Hall–Kier alpha value is -3.10. The summed E-state index contributed by atoms with van der Waals surface area (Å²) in [4.78, 5) is 26.1. The Morgan fingerprint density at radius 2 is 1.57 bits per heavy atom. The van der Waals surface area contributed by atoms with E-state index >= 15 is 0 Å². The van der Waals surface area contributed by atoms with E-state index < -0.39 is 17.6 Å². The van der Waals surface area contributed by atoms with Crippen LogP contribution in [-0.2, 0) is 6.18 Å². The van der Waals surface area contributed by atoms with Gasteiger partial charge in [-0.3, -0.25) is 4.79 Å². The highest BCUT2D eigenvalue weighted by atomic mass is 19.4. The summed E-state index contributed by atoms with van der Waals surface area (Å²) in [6.45, 7) is 1.40. The monoisotopic (exact) mass is 423 g/mol. The van der Waals surface area contributed by atoms with E-state index in [4.69, 9.17) is 0 Å². The number of alkyl halides is 3. The number of piperidine rings is 1. The summed E-state index contributed by atoms with van der Waals surface area (Å²) < 4.78 is 50.7. The molecule has 30 heavy (non-hydrogen) atoms. The molecule has 0 aliphatic carbocycles. The average Bonchev–Trinajstić information content (AvgIpc) is 2.73. The zero-order valence-electron chi connectivity index (χ0n) is 16.0. The Balaban J connectivity index is 1.42. The van der Waals surface area contributed by atoms with Crippen LogP contribution in [0.4, 0.5) is 28.0 Å². The van der Waals surface area contributed by atoms with Gasteiger partial charge in [0.15, 0.2) is 0 Å². The first-order chi connectivity index (χ1) is 14.2. The molecular formula is C21H21F4N3O2. The fraction of sp³-hybridized carbons (Fsp3) is 0.333. The summed E-state index contributed by atoms with van der Waals surface area (Å²) in [5.41, 5.74) is -0.128. The largest absolute Gasteiger partial charge is 0.416 e. The third-order valence-electron chi connectivity index (χ3n) is 5.02. The van der Waals surface area contributed by atoms with Crippen LogP contribution in [-0.4, -0.2) is 36.5 Å². The van der Waals surface area contributed by atoms with Gasteiger partial charge >= 0.3 is 12.2 Å². The van der Waals surface area contributed by atoms with Gasteiger partial charge in [-0.15, -0.1) is 0 Å². The zero-order valence-corrected chi connectivity index (χ0v) is 16.0. The molecule has 1 fully saturated rings. The van der Waals surface area contributed by atoms with E-state index in [1.54, 1.807) is 4.90 Å². The first kappa shape index (κ1) is 21.6. The molecule has 2 aromatic carbocycles. The Morgan fingerprint density at radius 3 is 2.13 bits per heavy atom. The number of anilines is 1. The van der Waals surface area contributed by atoms with Gasteiger partial charge in [0.05, 0.1) is 5.56 Å². The maximum Gasteiger partial charge on any atom is 0.416 e. The molecule has 1 aliphatic heterocycles. The van der Waals surface area contributed by atoms with Crippen LogP contribution in [0.3, 0.4) is 0 Å². The average molecular weight is 423 g/mol. The number of likely N-dealkylation sites (tertiary alicyclic amines) is 1. The van der Waals surface area contributed by atoms with E-state index in [9.17, 15) is 27.2 Å². The highest BCUT2D eigenvalue weighted by molar-refractivity contribution is 5.94. The molecule has 0 saturated carbocycles. The fourth-order valence-electron chi connectivity index (χ4n) is 3.23. The number of urea groups is 1. The minimum atomic E-state index is -4.44. The van der Waals surface area contributed by atoms with Crippen molar-refractivity contribution < 1.29 is 27.2 Å². The standard InChI is InChI=1S/C21H21F4N3O2/c22-17-5-7-18(8-6-17)27-20(30)28-11-9-14(10-12-28)13-26-19(29)15-1-3-16(4-2-15)21(23,24)25/h1-8,14H,9-13H2,(H,26,29)(H,27,30). The summed E-state index contributed by atoms with van der Waals surface area (Å²) in [6, 6.07) is 9.30. The highest BCUT2D eigenvalue weighted by Crippen LogP contribution is 2.29. The molecule has 3 rings (SSSR count). The molecule has 3 amide bonds. The molecule has 0 unspecified atom stereocenters. The number of nitrogens with zero attached hydrogens (tertiary/aromatic N) is 1. The van der Waals surface area contributed by atoms with Crippen molar-refractivity contribution in [2.24, 2.45) is 5.92 Å². The first-order valence-corrected chi connectivity index (χ1v) is 9.49. The topological polar surface area (TPSA) is 61.4 Å². The van der Waals surface area contributed by atoms with Crippen molar-refractivity contribution in [3.63, 3.8) is 0 Å². The molecule has 0 bridgehead atoms. The normalized spacial score (nSPS) is 15.0. The molecule has 0 atom stereocenters. The molecular weight excluding hydrogens is 402 g/mol. The molecule has 0 radical (unpaired) electrons. The van der Waals surface area contributed by atoms with Crippen molar-refractivity contribution in [1.29, 1.82) is 0 Å². The van der Waals surface area contributed by atoms with Gasteiger partial charge in [-0.25, -0.2) is 9.18 Å². The summed E-state index contributed by atoms with van der Waals surface area (Å²) in [6.07, 6.45) is -3.07. The number of rotatable bonds is 4. The van der Waals surface area contributed by atoms with E-state index in [1.807, 2.05) is 0 Å². The van der Waals surface area contributed by atoms with Crippen LogP contribution in [0.15, 0.2) is 48.5 Å². The maximum absolute atomic E-state index is 12.9. The van der Waals surface area contributed by atoms with Gasteiger partial charge in [0.1, 0.15) is 5.82 Å². The third kappa shape index (κ3) is 5.71. The number of nitrogens with one attached hydrogen (secondary N) is 2. The number of hydrogen-bond acceptors (Lipinski definition) is 2. The molecule has 1 saturated heterocycles. The minimum Gasteiger partial charge on any atom is -0.352 e. The smallest absolute Gasteiger partial charge is 0.352 e. The SMILES string of the molecule is O=C(NCC1CCN(C(=O)Nc2ccc(F)cc2)CC1)c1ccc(C(F)(F)F)cc1. The second-order valence-corrected chi connectivity index (χ2v) is 7.15. The molecule has 160 valence electrons. The lowest BCUT2D eigenvalue weighted by atomic mass is 9.97. The number of hydrogen-bond donors (Lipinski definition) is 2. The number of halogens is 4. The van der Waals surface area contributed by atoms with Crippen molar-refractivity contribution in [3.8, 4) is 0 Å². The predicted molar refractivity (Wildman–Crippen MR) is 103 cm³/mol. The quantitative estimate of drug-likeness (QED) is 0.711. The van der Waals surface area contributed by atoms with E-state index in [2.05, 4.69) is 10.6 Å². The Labute approximate surface area is 171 Å². The summed E-state index contributed by atoms with van der Waals surface area (Å²) in [5.74, 6) is -0.648. The Kier molecular flexibility index (Phi) is 6.59. The summed E-state index contributed by atoms with van der Waals surface area (Å²) in [7, 11) is 0. The van der Waals surface area contributed by atoms with Gasteiger partial charge in [0.2, 0.25) is 0 Å². The lowest BCUT2D eigenvalue weighted by Gasteiger charge is -2.32. The van der Waals surface area contributed by atoms with Crippen LogP contribution in [0.25, 0.3) is 0 Å². The molecule has 0 aromatic heterocycles. The lowest BCUT2D eigenvalue weighted by molar-refractivity contribution is -0.137. The van der Waals surface area contributed by atoms with Crippen LogP contribution in [0, 0.1) is 11.7 Å². The molecule has 1 heterocycles. The fourth-order valence-corrected chi connectivity index (χ4v) is 3.23. The van der Waals surface area contributed by atoms with Crippen LogP contribution in [0.2, 0.25) is 0 Å². The van der Waals surface area contributed by atoms with Crippen molar-refractivity contribution in [2.75, 3.05) is 25.0 Å². The van der Waals surface area contributed by atoms with Gasteiger partial charge in [-0.2, -0.15) is 13.2 Å². The van der Waals surface area contributed by atoms with Gasteiger partial charge in [0, 0.05) is 30.9 Å². The van der Waals surface area contributed by atoms with Gasteiger partial charge in [-0.05, 0) is 67.3 Å². The number of carbonyl (C=O) groups is 2. The van der Waals surface area contributed by atoms with E-state index in [0.717, 1.165) is 24.3 Å². The van der Waals surface area contributed by atoms with Crippen molar-refractivity contribution in [1.82, 2.24) is 10.2 Å². The van der Waals surface area contributed by atoms with Crippen LogP contribution < -0.4 is 10.6 Å². The minimum absolute atomic E-state index is 0.165. The number of amides is 3. The summed E-state index contributed by atoms with van der Waals surface area (Å²) >= 11 is 0. The van der Waals surface area contributed by atoms with Gasteiger partial charge < -0.3 is 15.5 Å². The third-order valence-corrected chi connectivity index (χ3v) is 5.02. The summed E-state index contributed by atoms with van der Waals surface area (Å²) in [5, 5.41) is 5.45.